The fraction of sp³-hybridized carbons (Fsp3) is 0.188. The number of thioether (sulfide) groups is 1. The molecule has 0 aliphatic rings. The minimum Gasteiger partial charge on any atom is -0.379 e. The molecule has 1 amide bonds. The van der Waals surface area contributed by atoms with Crippen molar-refractivity contribution in [3.63, 3.8) is 0 Å². The molecule has 0 radical (unpaired) electrons. The normalized spacial score (nSPS) is 13.5. The minimum absolute atomic E-state index is 0.230. The van der Waals surface area contributed by atoms with Gasteiger partial charge in [-0.1, -0.05) is 23.2 Å². The molecule has 2 N–H and O–H groups in total. The molecule has 116 valence electrons. The highest BCUT2D eigenvalue weighted by Crippen LogP contribution is 2.25. The van der Waals surface area contributed by atoms with Crippen molar-refractivity contribution in [2.75, 3.05) is 11.1 Å². The van der Waals surface area contributed by atoms with Gasteiger partial charge < -0.3 is 10.4 Å². The molecule has 0 saturated heterocycles. The molecule has 1 unspecified atom stereocenters. The number of nitrogens with one attached hydrogen (secondary N) is 1. The quantitative estimate of drug-likeness (QED) is 0.777. The van der Waals surface area contributed by atoms with Crippen molar-refractivity contribution < 1.29 is 9.90 Å². The zero-order chi connectivity index (χ0) is 16.2. The van der Waals surface area contributed by atoms with E-state index in [0.717, 1.165) is 4.90 Å². The first-order valence-electron chi connectivity index (χ1n) is 6.54. The van der Waals surface area contributed by atoms with Gasteiger partial charge in [-0.25, -0.2) is 0 Å². The molecular formula is C16H15Cl2NO2S. The monoisotopic (exact) mass is 355 g/mol. The van der Waals surface area contributed by atoms with Crippen LogP contribution in [0.4, 0.5) is 5.69 Å². The molecule has 0 bridgehead atoms. The average molecular weight is 356 g/mol. The Bertz CT molecular complexity index is 642. The topological polar surface area (TPSA) is 49.3 Å². The Morgan fingerprint density at radius 3 is 2.14 bits per heavy atom. The van der Waals surface area contributed by atoms with Crippen LogP contribution >= 0.6 is 35.0 Å². The largest absolute Gasteiger partial charge is 0.379 e. The fourth-order valence-electron chi connectivity index (χ4n) is 1.62. The Balaban J connectivity index is 1.95. The molecule has 1 atom stereocenters. The predicted octanol–water partition coefficient (Wildman–Crippen LogP) is 4.48. The van der Waals surface area contributed by atoms with Gasteiger partial charge in [0.25, 0.3) is 5.91 Å². The summed E-state index contributed by atoms with van der Waals surface area (Å²) in [6, 6.07) is 14.0. The molecule has 0 saturated carbocycles. The van der Waals surface area contributed by atoms with Crippen LogP contribution in [-0.2, 0) is 4.79 Å². The summed E-state index contributed by atoms with van der Waals surface area (Å²) < 4.78 is 0. The standard InChI is InChI=1S/C16H15Cl2NO2S/c1-16(21,10-22-14-8-4-12(18)5-9-14)15(20)19-13-6-2-11(17)3-7-13/h2-9,21H,10H2,1H3,(H,19,20). The van der Waals surface area contributed by atoms with Crippen LogP contribution in [0.1, 0.15) is 6.92 Å². The second-order valence-electron chi connectivity index (χ2n) is 4.98. The lowest BCUT2D eigenvalue weighted by Gasteiger charge is -2.22. The summed E-state index contributed by atoms with van der Waals surface area (Å²) in [6.07, 6.45) is 0. The van der Waals surface area contributed by atoms with Gasteiger partial charge in [-0.2, -0.15) is 0 Å². The minimum atomic E-state index is -1.50. The molecule has 2 aromatic carbocycles. The molecule has 0 spiro atoms. The van der Waals surface area contributed by atoms with E-state index >= 15 is 0 Å². The average Bonchev–Trinajstić information content (AvgIpc) is 2.49. The number of benzene rings is 2. The number of carbonyl (C=O) groups excluding carboxylic acids is 1. The molecule has 2 aromatic rings. The van der Waals surface area contributed by atoms with Crippen molar-refractivity contribution in [3.8, 4) is 0 Å². The second-order valence-corrected chi connectivity index (χ2v) is 6.90. The van der Waals surface area contributed by atoms with E-state index in [0.29, 0.717) is 15.7 Å². The third-order valence-corrected chi connectivity index (χ3v) is 4.74. The van der Waals surface area contributed by atoms with Crippen LogP contribution in [0.5, 0.6) is 0 Å². The Hall–Kier alpha value is -1.20. The van der Waals surface area contributed by atoms with Crippen molar-refractivity contribution in [1.29, 1.82) is 0 Å². The molecule has 0 aliphatic heterocycles. The molecular weight excluding hydrogens is 341 g/mol. The lowest BCUT2D eigenvalue weighted by molar-refractivity contribution is -0.130. The first-order valence-corrected chi connectivity index (χ1v) is 8.29. The van der Waals surface area contributed by atoms with E-state index in [2.05, 4.69) is 5.32 Å². The molecule has 0 fully saturated rings. The number of anilines is 1. The van der Waals surface area contributed by atoms with Crippen molar-refractivity contribution >= 4 is 46.6 Å². The molecule has 22 heavy (non-hydrogen) atoms. The van der Waals surface area contributed by atoms with E-state index in [1.54, 1.807) is 36.4 Å². The molecule has 6 heteroatoms. The van der Waals surface area contributed by atoms with E-state index in [-0.39, 0.29) is 5.75 Å². The highest BCUT2D eigenvalue weighted by molar-refractivity contribution is 7.99. The number of amides is 1. The van der Waals surface area contributed by atoms with Crippen LogP contribution in [0.15, 0.2) is 53.4 Å². The van der Waals surface area contributed by atoms with Gasteiger partial charge in [0, 0.05) is 26.4 Å². The van der Waals surface area contributed by atoms with Gasteiger partial charge in [0.15, 0.2) is 0 Å². The zero-order valence-electron chi connectivity index (χ0n) is 11.8. The molecule has 0 aliphatic carbocycles. The maximum Gasteiger partial charge on any atom is 0.256 e. The van der Waals surface area contributed by atoms with Crippen LogP contribution in [0, 0.1) is 0 Å². The zero-order valence-corrected chi connectivity index (χ0v) is 14.2. The Kier molecular flexibility index (Phi) is 5.75. The Morgan fingerprint density at radius 1 is 1.09 bits per heavy atom. The first-order chi connectivity index (χ1) is 10.4. The van der Waals surface area contributed by atoms with Gasteiger partial charge in [-0.05, 0) is 55.5 Å². The number of aliphatic hydroxyl groups is 1. The summed E-state index contributed by atoms with van der Waals surface area (Å²) in [6.45, 7) is 1.49. The van der Waals surface area contributed by atoms with Crippen molar-refractivity contribution in [1.82, 2.24) is 0 Å². The van der Waals surface area contributed by atoms with Crippen LogP contribution in [0.25, 0.3) is 0 Å². The van der Waals surface area contributed by atoms with Crippen molar-refractivity contribution in [2.45, 2.75) is 17.4 Å². The van der Waals surface area contributed by atoms with E-state index in [4.69, 9.17) is 23.2 Å². The van der Waals surface area contributed by atoms with Gasteiger partial charge in [0.1, 0.15) is 5.60 Å². The van der Waals surface area contributed by atoms with Crippen LogP contribution in [0.2, 0.25) is 10.0 Å². The number of rotatable bonds is 5. The smallest absolute Gasteiger partial charge is 0.256 e. The summed E-state index contributed by atoms with van der Waals surface area (Å²) in [7, 11) is 0. The fourth-order valence-corrected chi connectivity index (χ4v) is 2.78. The van der Waals surface area contributed by atoms with Gasteiger partial charge in [-0.15, -0.1) is 11.8 Å². The van der Waals surface area contributed by atoms with Crippen LogP contribution in [0.3, 0.4) is 0 Å². The highest BCUT2D eigenvalue weighted by atomic mass is 35.5. The molecule has 3 nitrogen and oxygen atoms in total. The maximum absolute atomic E-state index is 12.2. The van der Waals surface area contributed by atoms with E-state index in [1.807, 2.05) is 12.1 Å². The summed E-state index contributed by atoms with van der Waals surface area (Å²) in [5, 5.41) is 14.2. The second kappa shape index (κ2) is 7.38. The van der Waals surface area contributed by atoms with E-state index in [9.17, 15) is 9.90 Å². The lowest BCUT2D eigenvalue weighted by Crippen LogP contribution is -2.42. The van der Waals surface area contributed by atoms with Crippen LogP contribution in [-0.4, -0.2) is 22.4 Å². The number of carbonyl (C=O) groups is 1. The van der Waals surface area contributed by atoms with Crippen molar-refractivity contribution in [2.24, 2.45) is 0 Å². The van der Waals surface area contributed by atoms with Crippen LogP contribution < -0.4 is 5.32 Å². The summed E-state index contributed by atoms with van der Waals surface area (Å²) >= 11 is 13.0. The predicted molar refractivity (Wildman–Crippen MR) is 92.9 cm³/mol. The summed E-state index contributed by atoms with van der Waals surface area (Å²) in [5.41, 5.74) is -0.907. The van der Waals surface area contributed by atoms with Crippen molar-refractivity contribution in [3.05, 3.63) is 58.6 Å². The third-order valence-electron chi connectivity index (χ3n) is 2.92. The molecule has 2 rings (SSSR count). The molecule has 0 aromatic heterocycles. The lowest BCUT2D eigenvalue weighted by atomic mass is 10.1. The first kappa shape index (κ1) is 17.2. The van der Waals surface area contributed by atoms with E-state index < -0.39 is 11.5 Å². The highest BCUT2D eigenvalue weighted by Gasteiger charge is 2.30. The van der Waals surface area contributed by atoms with Gasteiger partial charge in [0.2, 0.25) is 0 Å². The maximum atomic E-state index is 12.2. The third kappa shape index (κ3) is 4.92. The van der Waals surface area contributed by atoms with Gasteiger partial charge >= 0.3 is 0 Å². The van der Waals surface area contributed by atoms with Gasteiger partial charge in [-0.3, -0.25) is 4.79 Å². The van der Waals surface area contributed by atoms with Gasteiger partial charge in [0.05, 0.1) is 0 Å². The summed E-state index contributed by atoms with van der Waals surface area (Å²) in [5.74, 6) is -0.232. The van der Waals surface area contributed by atoms with E-state index in [1.165, 1.54) is 18.7 Å². The number of hydrogen-bond donors (Lipinski definition) is 2. The Labute approximate surface area is 143 Å². The number of hydrogen-bond acceptors (Lipinski definition) is 3. The Morgan fingerprint density at radius 2 is 1.59 bits per heavy atom. The SMILES string of the molecule is CC(O)(CSc1ccc(Cl)cc1)C(=O)Nc1ccc(Cl)cc1. The number of halogens is 2. The summed E-state index contributed by atoms with van der Waals surface area (Å²) in [4.78, 5) is 13.1. The molecule has 0 heterocycles.